The van der Waals surface area contributed by atoms with E-state index < -0.39 is 40.8 Å². The van der Waals surface area contributed by atoms with E-state index >= 15 is 0 Å². The van der Waals surface area contributed by atoms with Crippen molar-refractivity contribution in [2.45, 2.75) is 29.7 Å². The van der Waals surface area contributed by atoms with Gasteiger partial charge in [-0.15, -0.1) is 0 Å². The Balaban J connectivity index is 1.36. The number of benzene rings is 3. The quantitative estimate of drug-likeness (QED) is 0.157. The number of nitrogens with one attached hydrogen (secondary N) is 1. The average Bonchev–Trinajstić information content (AvgIpc) is 3.45. The molecule has 0 saturated carbocycles. The molecule has 3 amide bonds. The van der Waals surface area contributed by atoms with Crippen molar-refractivity contribution < 1.29 is 29.0 Å². The highest BCUT2D eigenvalue weighted by Gasteiger charge is 2.56. The maximum atomic E-state index is 14.1. The maximum Gasteiger partial charge on any atom is 0.338 e. The molecule has 0 bridgehead atoms. The second-order valence-corrected chi connectivity index (χ2v) is 13.1. The van der Waals surface area contributed by atoms with E-state index in [0.29, 0.717) is 26.8 Å². The summed E-state index contributed by atoms with van der Waals surface area (Å²) in [5.41, 5.74) is 1.83. The highest BCUT2D eigenvalue weighted by atomic mass is 79.9. The smallest absolute Gasteiger partial charge is 0.338 e. The number of aromatic nitrogens is 1. The Morgan fingerprint density at radius 1 is 0.955 bits per heavy atom. The Morgan fingerprint density at radius 3 is 2.30 bits per heavy atom. The van der Waals surface area contributed by atoms with Gasteiger partial charge in [0.25, 0.3) is 0 Å². The zero-order valence-corrected chi connectivity index (χ0v) is 26.3. The van der Waals surface area contributed by atoms with E-state index in [-0.39, 0.29) is 23.8 Å². The van der Waals surface area contributed by atoms with Crippen molar-refractivity contribution in [1.82, 2.24) is 4.57 Å². The Kier molecular flexibility index (Phi) is 8.18. The number of fused-ring (bicyclic) bond motifs is 2. The average molecular weight is 695 g/mol. The van der Waals surface area contributed by atoms with Gasteiger partial charge >= 0.3 is 10.8 Å². The van der Waals surface area contributed by atoms with Crippen molar-refractivity contribution in [3.05, 3.63) is 103 Å². The van der Waals surface area contributed by atoms with E-state index in [1.165, 1.54) is 41.0 Å². The monoisotopic (exact) mass is 693 g/mol. The number of nitrogens with zero attached hydrogens (tertiary/aromatic N) is 2. The van der Waals surface area contributed by atoms with E-state index in [4.69, 9.17) is 4.74 Å². The number of ether oxygens (including phenoxy) is 1. The van der Waals surface area contributed by atoms with Crippen LogP contribution >= 0.6 is 39.0 Å². The summed E-state index contributed by atoms with van der Waals surface area (Å²) >= 11 is 5.52. The van der Waals surface area contributed by atoms with Crippen LogP contribution in [-0.4, -0.2) is 45.2 Å². The number of hydrogen-bond acceptors (Lipinski definition) is 9. The molecule has 3 atom stereocenters. The minimum absolute atomic E-state index is 0.0517. The highest BCUT2D eigenvalue weighted by Crippen LogP contribution is 2.54. The zero-order valence-electron chi connectivity index (χ0n) is 23.1. The van der Waals surface area contributed by atoms with Gasteiger partial charge in [0.05, 0.1) is 28.8 Å². The lowest BCUT2D eigenvalue weighted by Gasteiger charge is -2.30. The number of thiazole rings is 1. The van der Waals surface area contributed by atoms with Crippen LogP contribution in [0.5, 0.6) is 5.75 Å². The van der Waals surface area contributed by atoms with Crippen molar-refractivity contribution in [3.63, 3.8) is 0 Å². The molecule has 2 N–H and O–H groups in total. The molecule has 6 rings (SSSR count). The van der Waals surface area contributed by atoms with Gasteiger partial charge in [-0.25, -0.2) is 9.69 Å². The number of anilines is 2. The van der Waals surface area contributed by atoms with Crippen LogP contribution < -0.4 is 15.1 Å². The molecular formula is C31H24BrN3O7S2. The summed E-state index contributed by atoms with van der Waals surface area (Å²) in [4.78, 5) is 67.8. The van der Waals surface area contributed by atoms with Gasteiger partial charge in [0.15, 0.2) is 0 Å². The summed E-state index contributed by atoms with van der Waals surface area (Å²) in [6.07, 6.45) is 0. The maximum absolute atomic E-state index is 14.1. The Hall–Kier alpha value is -4.20. The van der Waals surface area contributed by atoms with Crippen molar-refractivity contribution in [2.24, 2.45) is 5.92 Å². The van der Waals surface area contributed by atoms with Crippen LogP contribution in [0.4, 0.5) is 11.4 Å². The second kappa shape index (κ2) is 12.1. The molecule has 1 fully saturated rings. The van der Waals surface area contributed by atoms with Crippen molar-refractivity contribution in [1.29, 1.82) is 0 Å². The van der Waals surface area contributed by atoms with Crippen LogP contribution in [0.2, 0.25) is 0 Å². The van der Waals surface area contributed by atoms with Gasteiger partial charge in [-0.2, -0.15) is 0 Å². The van der Waals surface area contributed by atoms with Crippen molar-refractivity contribution >= 4 is 74.1 Å². The molecule has 44 heavy (non-hydrogen) atoms. The first-order chi connectivity index (χ1) is 21.2. The molecule has 0 spiro atoms. The molecule has 3 heterocycles. The van der Waals surface area contributed by atoms with Crippen LogP contribution in [0, 0.1) is 5.92 Å². The lowest BCUT2D eigenvalue weighted by Crippen LogP contribution is -2.33. The number of phenols is 1. The number of carbonyl (C=O) groups is 4. The number of esters is 1. The van der Waals surface area contributed by atoms with Gasteiger partial charge in [-0.3, -0.25) is 23.7 Å². The van der Waals surface area contributed by atoms with Gasteiger partial charge < -0.3 is 15.2 Å². The topological polar surface area (TPSA) is 135 Å². The first kappa shape index (κ1) is 29.9. The Morgan fingerprint density at radius 2 is 1.64 bits per heavy atom. The molecule has 3 unspecified atom stereocenters. The van der Waals surface area contributed by atoms with Crippen molar-refractivity contribution in [2.75, 3.05) is 16.8 Å². The molecule has 2 aliphatic rings. The number of thioether (sulfide) groups is 1. The molecular weight excluding hydrogens is 670 g/mol. The third-order valence-electron chi connectivity index (χ3n) is 7.37. The molecule has 13 heteroatoms. The first-order valence-electron chi connectivity index (χ1n) is 13.6. The molecule has 224 valence electrons. The normalized spacial score (nSPS) is 19.0. The standard InChI is InChI=1S/C31H24BrN3O7S2/c1-2-42-30(40)17-5-11-20(12-6-17)35-27(38)24-23(16-3-7-18(32)8-4-16)26-29(43-25(24)28(35)39)34(31(41)44-26)15-22(37)33-19-9-13-21(36)14-10-19/h3-14,23-25,36H,2,15H2,1H3,(H,33,37). The molecule has 3 aromatic carbocycles. The summed E-state index contributed by atoms with van der Waals surface area (Å²) in [6.45, 7) is 1.62. The number of halogens is 1. The second-order valence-electron chi connectivity index (χ2n) is 10.1. The number of hydrogen-bond donors (Lipinski definition) is 2. The Bertz CT molecular complexity index is 1840. The number of rotatable bonds is 7. The van der Waals surface area contributed by atoms with E-state index in [2.05, 4.69) is 21.2 Å². The van der Waals surface area contributed by atoms with Gasteiger partial charge in [0.2, 0.25) is 17.7 Å². The largest absolute Gasteiger partial charge is 0.508 e. The number of amides is 3. The molecule has 1 aromatic heterocycles. The first-order valence-corrected chi connectivity index (χ1v) is 16.0. The SMILES string of the molecule is CCOC(=O)c1ccc(N2C(=O)C3Sc4c(sc(=O)n4CC(=O)Nc4ccc(O)cc4)C(c4ccc(Br)cc4)C3C2=O)cc1. The van der Waals surface area contributed by atoms with Gasteiger partial charge in [0.1, 0.15) is 17.5 Å². The summed E-state index contributed by atoms with van der Waals surface area (Å²) < 4.78 is 7.21. The summed E-state index contributed by atoms with van der Waals surface area (Å²) in [5.74, 6) is -3.18. The lowest BCUT2D eigenvalue weighted by atomic mass is 9.83. The fraction of sp³-hybridized carbons (Fsp3) is 0.194. The molecule has 0 aliphatic carbocycles. The molecule has 4 aromatic rings. The van der Waals surface area contributed by atoms with Gasteiger partial charge in [0, 0.05) is 21.0 Å². The highest BCUT2D eigenvalue weighted by molar-refractivity contribution is 9.10. The van der Waals surface area contributed by atoms with E-state index in [0.717, 1.165) is 38.0 Å². The fourth-order valence-electron chi connectivity index (χ4n) is 5.39. The van der Waals surface area contributed by atoms with E-state index in [1.54, 1.807) is 19.1 Å². The Labute approximate surface area is 267 Å². The third kappa shape index (κ3) is 5.46. The van der Waals surface area contributed by atoms with Crippen LogP contribution in [0.15, 0.2) is 87.1 Å². The van der Waals surface area contributed by atoms with Crippen molar-refractivity contribution in [3.8, 4) is 5.75 Å². The van der Waals surface area contributed by atoms with Crippen LogP contribution in [0.1, 0.15) is 33.6 Å². The summed E-state index contributed by atoms with van der Waals surface area (Å²) in [5, 5.41) is 11.9. The summed E-state index contributed by atoms with van der Waals surface area (Å²) in [6, 6.07) is 19.4. The lowest BCUT2D eigenvalue weighted by molar-refractivity contribution is -0.122. The molecule has 0 radical (unpaired) electrons. The number of phenolic OH excluding ortho intramolecular Hbond substituents is 1. The number of imide groups is 1. The fourth-order valence-corrected chi connectivity index (χ4v) is 8.43. The predicted molar refractivity (Wildman–Crippen MR) is 169 cm³/mol. The van der Waals surface area contributed by atoms with Crippen LogP contribution in [0.3, 0.4) is 0 Å². The minimum Gasteiger partial charge on any atom is -0.508 e. The van der Waals surface area contributed by atoms with E-state index in [9.17, 15) is 29.1 Å². The number of carbonyl (C=O) groups excluding carboxylic acids is 4. The summed E-state index contributed by atoms with van der Waals surface area (Å²) in [7, 11) is 0. The third-order valence-corrected chi connectivity index (χ3v) is 10.5. The van der Waals surface area contributed by atoms with Crippen LogP contribution in [-0.2, 0) is 25.7 Å². The predicted octanol–water partition coefficient (Wildman–Crippen LogP) is 4.99. The number of aromatic hydroxyl groups is 1. The molecule has 1 saturated heterocycles. The molecule has 2 aliphatic heterocycles. The van der Waals surface area contributed by atoms with Gasteiger partial charge in [-0.1, -0.05) is 51.2 Å². The van der Waals surface area contributed by atoms with E-state index in [1.807, 2.05) is 24.3 Å². The molecule has 10 nitrogen and oxygen atoms in total. The van der Waals surface area contributed by atoms with Gasteiger partial charge in [-0.05, 0) is 73.2 Å². The van der Waals surface area contributed by atoms with Crippen LogP contribution in [0.25, 0.3) is 0 Å². The minimum atomic E-state index is -0.853. The zero-order chi connectivity index (χ0) is 31.1.